The fourth-order valence-corrected chi connectivity index (χ4v) is 2.36. The highest BCUT2D eigenvalue weighted by molar-refractivity contribution is 5.69. The van der Waals surface area contributed by atoms with Gasteiger partial charge in [-0.15, -0.1) is 0 Å². The molecule has 0 bridgehead atoms. The van der Waals surface area contributed by atoms with E-state index in [1.54, 1.807) is 23.2 Å². The number of pyridine rings is 1. The number of carbonyl (C=O) groups is 1. The van der Waals surface area contributed by atoms with E-state index in [2.05, 4.69) is 10.3 Å². The van der Waals surface area contributed by atoms with Crippen LogP contribution < -0.4 is 5.32 Å². The zero-order chi connectivity index (χ0) is 15.5. The Kier molecular flexibility index (Phi) is 4.55. The summed E-state index contributed by atoms with van der Waals surface area (Å²) in [6.07, 6.45) is 3.21. The minimum atomic E-state index is -0.489. The fraction of sp³-hybridized carbons (Fsp3) is 0.600. The number of carbonyl (C=O) groups excluding carboxylic acids is 1. The van der Waals surface area contributed by atoms with Gasteiger partial charge in [-0.25, -0.2) is 9.78 Å². The number of aromatic nitrogens is 1. The van der Waals surface area contributed by atoms with Crippen LogP contribution in [0.2, 0.25) is 0 Å². The molecule has 1 aromatic rings. The summed E-state index contributed by atoms with van der Waals surface area (Å²) in [5.41, 5.74) is -0.489. The molecule has 0 radical (unpaired) electrons. The maximum Gasteiger partial charge on any atom is 0.410 e. The van der Waals surface area contributed by atoms with Crippen LogP contribution in [0.4, 0.5) is 10.6 Å². The molecular weight excluding hydrogens is 270 g/mol. The van der Waals surface area contributed by atoms with Gasteiger partial charge in [-0.2, -0.15) is 0 Å². The van der Waals surface area contributed by atoms with Crippen molar-refractivity contribution in [1.29, 1.82) is 0 Å². The zero-order valence-electron chi connectivity index (χ0n) is 12.8. The third kappa shape index (κ3) is 4.24. The molecule has 1 aliphatic heterocycles. The molecule has 2 N–H and O–H groups in total. The predicted octanol–water partition coefficient (Wildman–Crippen LogP) is 2.60. The second-order valence-corrected chi connectivity index (χ2v) is 6.22. The quantitative estimate of drug-likeness (QED) is 0.896. The smallest absolute Gasteiger partial charge is 0.410 e. The van der Waals surface area contributed by atoms with Crippen LogP contribution in [0.25, 0.3) is 0 Å². The lowest BCUT2D eigenvalue weighted by Gasteiger charge is -2.28. The molecule has 1 atom stereocenters. The number of likely N-dealkylation sites (tertiary alicyclic amines) is 1. The van der Waals surface area contributed by atoms with Crippen LogP contribution in [0.3, 0.4) is 0 Å². The maximum absolute atomic E-state index is 12.2. The highest BCUT2D eigenvalue weighted by atomic mass is 16.6. The minimum absolute atomic E-state index is 0.0567. The maximum atomic E-state index is 12.2. The summed E-state index contributed by atoms with van der Waals surface area (Å²) in [4.78, 5) is 18.0. The Bertz CT molecular complexity index is 499. The average molecular weight is 293 g/mol. The number of hydrogen-bond donors (Lipinski definition) is 2. The summed E-state index contributed by atoms with van der Waals surface area (Å²) in [5, 5.41) is 12.8. The van der Waals surface area contributed by atoms with E-state index in [9.17, 15) is 9.90 Å². The zero-order valence-corrected chi connectivity index (χ0v) is 12.8. The van der Waals surface area contributed by atoms with Gasteiger partial charge in [-0.3, -0.25) is 0 Å². The van der Waals surface area contributed by atoms with Crippen molar-refractivity contribution in [2.24, 2.45) is 0 Å². The molecule has 0 aromatic carbocycles. The van der Waals surface area contributed by atoms with Crippen LogP contribution >= 0.6 is 0 Å². The van der Waals surface area contributed by atoms with Crippen molar-refractivity contribution < 1.29 is 14.6 Å². The Morgan fingerprint density at radius 1 is 1.57 bits per heavy atom. The Morgan fingerprint density at radius 3 is 3.00 bits per heavy atom. The second kappa shape index (κ2) is 6.20. The van der Waals surface area contributed by atoms with Crippen LogP contribution in [0.1, 0.15) is 33.6 Å². The number of ether oxygens (including phenoxy) is 1. The molecule has 1 saturated heterocycles. The summed E-state index contributed by atoms with van der Waals surface area (Å²) in [7, 11) is 0. The molecule has 1 amide bonds. The third-order valence-electron chi connectivity index (χ3n) is 3.30. The number of anilines is 1. The van der Waals surface area contributed by atoms with E-state index in [0.29, 0.717) is 18.9 Å². The van der Waals surface area contributed by atoms with Crippen LogP contribution in [0, 0.1) is 0 Å². The van der Waals surface area contributed by atoms with Gasteiger partial charge in [-0.05, 0) is 45.7 Å². The summed E-state index contributed by atoms with van der Waals surface area (Å²) >= 11 is 0. The first-order valence-electron chi connectivity index (χ1n) is 7.24. The molecule has 2 heterocycles. The van der Waals surface area contributed by atoms with E-state index in [4.69, 9.17) is 4.74 Å². The van der Waals surface area contributed by atoms with Gasteiger partial charge in [-0.1, -0.05) is 0 Å². The van der Waals surface area contributed by atoms with E-state index in [0.717, 1.165) is 12.8 Å². The van der Waals surface area contributed by atoms with Crippen LogP contribution in [0.15, 0.2) is 18.3 Å². The van der Waals surface area contributed by atoms with Gasteiger partial charge < -0.3 is 20.1 Å². The molecule has 1 aliphatic rings. The molecule has 2 rings (SSSR count). The Labute approximate surface area is 125 Å². The molecule has 1 fully saturated rings. The molecule has 1 aromatic heterocycles. The van der Waals surface area contributed by atoms with E-state index >= 15 is 0 Å². The Hall–Kier alpha value is -1.98. The number of nitrogens with one attached hydrogen (secondary N) is 1. The molecule has 0 aliphatic carbocycles. The van der Waals surface area contributed by atoms with Gasteiger partial charge in [0.2, 0.25) is 0 Å². The van der Waals surface area contributed by atoms with Crippen molar-refractivity contribution in [1.82, 2.24) is 9.88 Å². The minimum Gasteiger partial charge on any atom is -0.504 e. The molecule has 0 saturated carbocycles. The SMILES string of the molecule is CC(C)(C)OC(=O)N1CCC[C@@H]1CNc1ncccc1O. The molecule has 6 heteroatoms. The van der Waals surface area contributed by atoms with E-state index in [1.165, 1.54) is 0 Å². The number of nitrogens with zero attached hydrogens (tertiary/aromatic N) is 2. The first kappa shape index (κ1) is 15.4. The van der Waals surface area contributed by atoms with Gasteiger partial charge in [0, 0.05) is 19.3 Å². The number of hydrogen-bond acceptors (Lipinski definition) is 5. The van der Waals surface area contributed by atoms with Crippen molar-refractivity contribution >= 4 is 11.9 Å². The van der Waals surface area contributed by atoms with E-state index in [-0.39, 0.29) is 17.9 Å². The molecule has 0 unspecified atom stereocenters. The van der Waals surface area contributed by atoms with Gasteiger partial charge in [0.25, 0.3) is 0 Å². The number of aromatic hydroxyl groups is 1. The second-order valence-electron chi connectivity index (χ2n) is 6.22. The van der Waals surface area contributed by atoms with Crippen molar-refractivity contribution in [3.63, 3.8) is 0 Å². The average Bonchev–Trinajstić information content (AvgIpc) is 2.84. The molecule has 21 heavy (non-hydrogen) atoms. The first-order chi connectivity index (χ1) is 9.87. The Balaban J connectivity index is 1.93. The molecule has 6 nitrogen and oxygen atoms in total. The standard InChI is InChI=1S/C15H23N3O3/c1-15(2,3)21-14(20)18-9-5-6-11(18)10-17-13-12(19)7-4-8-16-13/h4,7-8,11,19H,5-6,9-10H2,1-3H3,(H,16,17)/t11-/m1/s1. The highest BCUT2D eigenvalue weighted by Crippen LogP contribution is 2.23. The summed E-state index contributed by atoms with van der Waals surface area (Å²) < 4.78 is 5.42. The first-order valence-corrected chi connectivity index (χ1v) is 7.24. The molecule has 116 valence electrons. The van der Waals surface area contributed by atoms with Crippen LogP contribution in [-0.4, -0.2) is 45.8 Å². The van der Waals surface area contributed by atoms with Crippen molar-refractivity contribution in [2.75, 3.05) is 18.4 Å². The molecular formula is C15H23N3O3. The monoisotopic (exact) mass is 293 g/mol. The summed E-state index contributed by atoms with van der Waals surface area (Å²) in [6.45, 7) is 6.83. The number of amides is 1. The van der Waals surface area contributed by atoms with E-state index in [1.807, 2.05) is 20.8 Å². The lowest BCUT2D eigenvalue weighted by Crippen LogP contribution is -2.42. The van der Waals surface area contributed by atoms with Crippen molar-refractivity contribution in [3.05, 3.63) is 18.3 Å². The summed E-state index contributed by atoms with van der Waals surface area (Å²) in [6, 6.07) is 3.31. The lowest BCUT2D eigenvalue weighted by molar-refractivity contribution is 0.0235. The number of rotatable bonds is 3. The third-order valence-corrected chi connectivity index (χ3v) is 3.30. The summed E-state index contributed by atoms with van der Waals surface area (Å²) in [5.74, 6) is 0.549. The van der Waals surface area contributed by atoms with Crippen LogP contribution in [0.5, 0.6) is 5.75 Å². The Morgan fingerprint density at radius 2 is 2.33 bits per heavy atom. The van der Waals surface area contributed by atoms with E-state index < -0.39 is 5.60 Å². The topological polar surface area (TPSA) is 74.7 Å². The van der Waals surface area contributed by atoms with Gasteiger partial charge in [0.05, 0.1) is 6.04 Å². The van der Waals surface area contributed by atoms with Gasteiger partial charge in [0.1, 0.15) is 5.60 Å². The largest absolute Gasteiger partial charge is 0.504 e. The lowest BCUT2D eigenvalue weighted by atomic mass is 10.2. The fourth-order valence-electron chi connectivity index (χ4n) is 2.36. The van der Waals surface area contributed by atoms with Gasteiger partial charge in [0.15, 0.2) is 11.6 Å². The van der Waals surface area contributed by atoms with Gasteiger partial charge >= 0.3 is 6.09 Å². The van der Waals surface area contributed by atoms with Crippen LogP contribution in [-0.2, 0) is 4.74 Å². The molecule has 0 spiro atoms. The van der Waals surface area contributed by atoms with Crippen molar-refractivity contribution in [2.45, 2.75) is 45.3 Å². The highest BCUT2D eigenvalue weighted by Gasteiger charge is 2.32. The van der Waals surface area contributed by atoms with Crippen molar-refractivity contribution in [3.8, 4) is 5.75 Å². The normalized spacial score (nSPS) is 18.6. The predicted molar refractivity (Wildman–Crippen MR) is 80.4 cm³/mol.